The van der Waals surface area contributed by atoms with Crippen LogP contribution in [0.5, 0.6) is 0 Å². The Hall–Kier alpha value is -6.98. The Morgan fingerprint density at radius 1 is 0.328 bits per heavy atom. The summed E-state index contributed by atoms with van der Waals surface area (Å²) < 4.78 is 11.5. The Balaban J connectivity index is 1.03. The predicted molar refractivity (Wildman–Crippen MR) is 250 cm³/mol. The summed E-state index contributed by atoms with van der Waals surface area (Å²) >= 11 is 3.73. The first-order valence-corrected chi connectivity index (χ1v) is 21.2. The maximum atomic E-state index is 6.28. The topological polar surface area (TPSA) is 16.4 Å². The van der Waals surface area contributed by atoms with E-state index in [1.165, 1.54) is 68.3 Å². The first-order valence-electron chi connectivity index (χ1n) is 19.6. The van der Waals surface area contributed by atoms with E-state index in [-0.39, 0.29) is 0 Å². The molecule has 2 nitrogen and oxygen atoms in total. The van der Waals surface area contributed by atoms with E-state index < -0.39 is 0 Å². The number of furan rings is 1. The van der Waals surface area contributed by atoms with Crippen molar-refractivity contribution in [3.8, 4) is 33.4 Å². The highest BCUT2D eigenvalue weighted by atomic mass is 32.1. The van der Waals surface area contributed by atoms with Gasteiger partial charge in [-0.15, -0.1) is 22.7 Å². The van der Waals surface area contributed by atoms with Crippen LogP contribution in [-0.4, -0.2) is 0 Å². The molecule has 58 heavy (non-hydrogen) atoms. The first kappa shape index (κ1) is 33.2. The SMILES string of the molecule is c1ccc(-c2ccc3c(sc4ccccc43)c2N(c2ccc(-c3ccc4c(c3)oc3ccccc34)cc2)c2ccc(-c3ccc4c(c3)sc3ccccc34)cc2)cc1. The van der Waals surface area contributed by atoms with Crippen LogP contribution in [-0.2, 0) is 0 Å². The first-order chi connectivity index (χ1) is 28.7. The van der Waals surface area contributed by atoms with Crippen LogP contribution >= 0.6 is 22.7 Å². The number of thiophene rings is 2. The molecule has 0 saturated heterocycles. The van der Waals surface area contributed by atoms with Crippen LogP contribution in [0.1, 0.15) is 0 Å². The normalized spacial score (nSPS) is 11.8. The van der Waals surface area contributed by atoms with Gasteiger partial charge in [0, 0.05) is 63.4 Å². The second-order valence-electron chi connectivity index (χ2n) is 14.9. The maximum Gasteiger partial charge on any atom is 0.136 e. The summed E-state index contributed by atoms with van der Waals surface area (Å²) in [6, 6.07) is 72.8. The molecule has 0 bridgehead atoms. The third-order valence-electron chi connectivity index (χ3n) is 11.5. The van der Waals surface area contributed by atoms with E-state index in [1.807, 2.05) is 34.8 Å². The number of hydrogen-bond donors (Lipinski definition) is 0. The summed E-state index contributed by atoms with van der Waals surface area (Å²) in [6.45, 7) is 0. The van der Waals surface area contributed by atoms with Crippen molar-refractivity contribution in [2.24, 2.45) is 0 Å². The van der Waals surface area contributed by atoms with Crippen LogP contribution in [0.25, 0.3) is 95.7 Å². The lowest BCUT2D eigenvalue weighted by Gasteiger charge is -2.29. The molecule has 3 heterocycles. The quantitative estimate of drug-likeness (QED) is 0.167. The minimum absolute atomic E-state index is 0.903. The standard InChI is InChI=1S/C54H33NOS2/c1-2-10-36(11-3-1)41-30-31-47-45-14-6-9-17-51(45)58-54(47)53(41)55(39-24-18-34(19-25-39)37-22-28-43-42-12-4-7-15-48(42)56-49(43)32-37)40-26-20-35(21-27-40)38-23-29-46-44-13-5-8-16-50(44)57-52(46)33-38/h1-33H. The van der Waals surface area contributed by atoms with Crippen LogP contribution in [0.3, 0.4) is 0 Å². The number of nitrogens with zero attached hydrogens (tertiary/aromatic N) is 1. The van der Waals surface area contributed by atoms with E-state index >= 15 is 0 Å². The summed E-state index contributed by atoms with van der Waals surface area (Å²) in [7, 11) is 0. The molecular weight excluding hydrogens is 743 g/mol. The molecule has 272 valence electrons. The van der Waals surface area contributed by atoms with E-state index in [2.05, 4.69) is 193 Å². The smallest absolute Gasteiger partial charge is 0.136 e. The van der Waals surface area contributed by atoms with Crippen molar-refractivity contribution in [3.05, 3.63) is 200 Å². The summed E-state index contributed by atoms with van der Waals surface area (Å²) in [5, 5.41) is 7.48. The van der Waals surface area contributed by atoms with E-state index in [0.29, 0.717) is 0 Å². The molecule has 0 atom stereocenters. The van der Waals surface area contributed by atoms with Gasteiger partial charge in [0.25, 0.3) is 0 Å². The molecule has 0 spiro atoms. The van der Waals surface area contributed by atoms with Crippen LogP contribution in [0.2, 0.25) is 0 Å². The highest BCUT2D eigenvalue weighted by molar-refractivity contribution is 7.26. The summed E-state index contributed by atoms with van der Waals surface area (Å²) in [6.07, 6.45) is 0. The fourth-order valence-electron chi connectivity index (χ4n) is 8.67. The monoisotopic (exact) mass is 775 g/mol. The number of para-hydroxylation sites is 1. The largest absolute Gasteiger partial charge is 0.456 e. The third-order valence-corrected chi connectivity index (χ3v) is 13.8. The van der Waals surface area contributed by atoms with Crippen LogP contribution in [0.4, 0.5) is 17.1 Å². The molecule has 0 aliphatic rings. The van der Waals surface area contributed by atoms with Gasteiger partial charge in [-0.1, -0.05) is 140 Å². The Labute approximate surface area is 343 Å². The molecule has 0 aliphatic heterocycles. The number of benzene rings is 9. The minimum Gasteiger partial charge on any atom is -0.456 e. The van der Waals surface area contributed by atoms with Gasteiger partial charge >= 0.3 is 0 Å². The molecule has 12 aromatic rings. The second kappa shape index (κ2) is 13.3. The number of anilines is 3. The van der Waals surface area contributed by atoms with Crippen molar-refractivity contribution in [3.63, 3.8) is 0 Å². The molecule has 0 aliphatic carbocycles. The Morgan fingerprint density at radius 3 is 1.57 bits per heavy atom. The third kappa shape index (κ3) is 5.37. The average molecular weight is 776 g/mol. The van der Waals surface area contributed by atoms with Gasteiger partial charge in [-0.2, -0.15) is 0 Å². The Bertz CT molecular complexity index is 3340. The summed E-state index contributed by atoms with van der Waals surface area (Å²) in [5.74, 6) is 0. The lowest BCUT2D eigenvalue weighted by atomic mass is 9.98. The van der Waals surface area contributed by atoms with Gasteiger partial charge in [0.15, 0.2) is 0 Å². The zero-order valence-corrected chi connectivity index (χ0v) is 32.9. The molecule has 0 unspecified atom stereocenters. The molecule has 0 radical (unpaired) electrons. The van der Waals surface area contributed by atoms with Crippen molar-refractivity contribution in [2.45, 2.75) is 0 Å². The highest BCUT2D eigenvalue weighted by Gasteiger charge is 2.23. The molecular formula is C54H33NOS2. The number of fused-ring (bicyclic) bond motifs is 9. The number of hydrogen-bond acceptors (Lipinski definition) is 4. The van der Waals surface area contributed by atoms with Gasteiger partial charge in [-0.05, 0) is 88.5 Å². The van der Waals surface area contributed by atoms with Gasteiger partial charge < -0.3 is 9.32 Å². The Morgan fingerprint density at radius 2 is 0.845 bits per heavy atom. The lowest BCUT2D eigenvalue weighted by molar-refractivity contribution is 0.669. The van der Waals surface area contributed by atoms with E-state index in [0.717, 1.165) is 44.4 Å². The van der Waals surface area contributed by atoms with Gasteiger partial charge in [0.2, 0.25) is 0 Å². The average Bonchev–Trinajstić information content (AvgIpc) is 3.98. The zero-order chi connectivity index (χ0) is 38.2. The van der Waals surface area contributed by atoms with E-state index in [1.54, 1.807) is 0 Å². The van der Waals surface area contributed by atoms with Gasteiger partial charge in [0.1, 0.15) is 11.2 Å². The van der Waals surface area contributed by atoms with Crippen molar-refractivity contribution in [1.82, 2.24) is 0 Å². The lowest BCUT2D eigenvalue weighted by Crippen LogP contribution is -2.11. The second-order valence-corrected chi connectivity index (χ2v) is 17.0. The van der Waals surface area contributed by atoms with Crippen LogP contribution in [0, 0.1) is 0 Å². The fraction of sp³-hybridized carbons (Fsp3) is 0. The molecule has 3 aromatic heterocycles. The van der Waals surface area contributed by atoms with Gasteiger partial charge in [-0.25, -0.2) is 0 Å². The molecule has 0 amide bonds. The van der Waals surface area contributed by atoms with Crippen molar-refractivity contribution < 1.29 is 4.42 Å². The molecule has 0 N–H and O–H groups in total. The fourth-order valence-corrected chi connectivity index (χ4v) is 11.1. The van der Waals surface area contributed by atoms with E-state index in [9.17, 15) is 0 Å². The summed E-state index contributed by atoms with van der Waals surface area (Å²) in [4.78, 5) is 2.46. The van der Waals surface area contributed by atoms with Crippen molar-refractivity contribution in [1.29, 1.82) is 0 Å². The molecule has 4 heteroatoms. The molecule has 0 saturated carbocycles. The molecule has 12 rings (SSSR count). The van der Waals surface area contributed by atoms with Gasteiger partial charge in [-0.3, -0.25) is 0 Å². The van der Waals surface area contributed by atoms with E-state index in [4.69, 9.17) is 4.42 Å². The van der Waals surface area contributed by atoms with Crippen molar-refractivity contribution in [2.75, 3.05) is 4.90 Å². The highest BCUT2D eigenvalue weighted by Crippen LogP contribution is 2.50. The minimum atomic E-state index is 0.903. The molecule has 0 fully saturated rings. The summed E-state index contributed by atoms with van der Waals surface area (Å²) in [5.41, 5.74) is 12.3. The van der Waals surface area contributed by atoms with Crippen LogP contribution in [0.15, 0.2) is 205 Å². The Kier molecular flexibility index (Phi) is 7.62. The zero-order valence-electron chi connectivity index (χ0n) is 31.2. The predicted octanol–water partition coefficient (Wildman–Crippen LogP) is 16.8. The number of rotatable bonds is 6. The van der Waals surface area contributed by atoms with Crippen LogP contribution < -0.4 is 4.90 Å². The van der Waals surface area contributed by atoms with Crippen molar-refractivity contribution >= 4 is 102 Å². The van der Waals surface area contributed by atoms with Gasteiger partial charge in [0.05, 0.1) is 10.4 Å². The molecule has 9 aromatic carbocycles. The maximum absolute atomic E-state index is 6.28.